The Labute approximate surface area is 112 Å². The fourth-order valence-electron chi connectivity index (χ4n) is 1.74. The summed E-state index contributed by atoms with van der Waals surface area (Å²) < 4.78 is 2.07. The van der Waals surface area contributed by atoms with E-state index in [1.165, 1.54) is 5.56 Å². The first-order chi connectivity index (χ1) is 7.65. The highest BCUT2D eigenvalue weighted by Gasteiger charge is 2.07. The van der Waals surface area contributed by atoms with E-state index in [0.29, 0.717) is 0 Å². The summed E-state index contributed by atoms with van der Waals surface area (Å²) in [5.74, 6) is 0.957. The Balaban J connectivity index is 2.78. The topological polar surface area (TPSA) is 24.9 Å². The molecule has 1 aromatic heterocycles. The molecule has 4 heteroatoms. The number of nitrogens with zero attached hydrogens (tertiary/aromatic N) is 1. The molecule has 0 amide bonds. The molecule has 0 spiro atoms. The van der Waals surface area contributed by atoms with Gasteiger partial charge in [0.1, 0.15) is 5.82 Å². The number of anilines is 1. The fourth-order valence-corrected chi connectivity index (χ4v) is 3.09. The van der Waals surface area contributed by atoms with E-state index in [1.807, 2.05) is 13.1 Å². The second-order valence-electron chi connectivity index (χ2n) is 3.56. The van der Waals surface area contributed by atoms with E-state index < -0.39 is 0 Å². The van der Waals surface area contributed by atoms with Crippen molar-refractivity contribution in [3.63, 3.8) is 0 Å². The fraction of sp³-hybridized carbons (Fsp3) is 0.250. The number of benzene rings is 1. The quantitative estimate of drug-likeness (QED) is 0.876. The molecule has 0 bridgehead atoms. The number of pyridine rings is 1. The summed E-state index contributed by atoms with van der Waals surface area (Å²) >= 11 is 7.03. The molecule has 0 atom stereocenters. The second kappa shape index (κ2) is 4.72. The molecule has 1 aromatic carbocycles. The van der Waals surface area contributed by atoms with E-state index in [4.69, 9.17) is 0 Å². The van der Waals surface area contributed by atoms with Crippen LogP contribution in [0.1, 0.15) is 12.5 Å². The third-order valence-electron chi connectivity index (χ3n) is 2.53. The van der Waals surface area contributed by atoms with Crippen molar-refractivity contribution in [2.24, 2.45) is 0 Å². The van der Waals surface area contributed by atoms with Crippen molar-refractivity contribution in [2.75, 3.05) is 12.4 Å². The largest absolute Gasteiger partial charge is 0.373 e. The molecule has 1 N–H and O–H groups in total. The molecule has 0 unspecified atom stereocenters. The van der Waals surface area contributed by atoms with Gasteiger partial charge in [-0.2, -0.15) is 0 Å². The number of aryl methyl sites for hydroxylation is 1. The maximum atomic E-state index is 4.63. The number of aromatic nitrogens is 1. The van der Waals surface area contributed by atoms with Gasteiger partial charge in [-0.15, -0.1) is 0 Å². The zero-order valence-corrected chi connectivity index (χ0v) is 12.3. The summed E-state index contributed by atoms with van der Waals surface area (Å²) in [7, 11) is 1.90. The lowest BCUT2D eigenvalue weighted by molar-refractivity contribution is 1.11. The highest BCUT2D eigenvalue weighted by molar-refractivity contribution is 9.11. The molecule has 0 aliphatic carbocycles. The van der Waals surface area contributed by atoms with Crippen LogP contribution in [-0.2, 0) is 6.42 Å². The Morgan fingerprint density at radius 1 is 1.25 bits per heavy atom. The van der Waals surface area contributed by atoms with E-state index in [-0.39, 0.29) is 0 Å². The third-order valence-corrected chi connectivity index (χ3v) is 3.60. The van der Waals surface area contributed by atoms with Crippen molar-refractivity contribution in [1.82, 2.24) is 4.98 Å². The standard InChI is InChI=1S/C12H12Br2N2/c1-3-7-4-8-5-9(13)6-10(14)11(8)16-12(7)15-2/h4-6H,3H2,1-2H3,(H,15,16). The molecule has 1 heterocycles. The highest BCUT2D eigenvalue weighted by Crippen LogP contribution is 2.30. The summed E-state index contributed by atoms with van der Waals surface area (Å²) in [6, 6.07) is 6.29. The maximum Gasteiger partial charge on any atom is 0.129 e. The number of rotatable bonds is 2. The van der Waals surface area contributed by atoms with Gasteiger partial charge in [0.05, 0.1) is 5.52 Å². The summed E-state index contributed by atoms with van der Waals surface area (Å²) in [6.07, 6.45) is 0.975. The predicted octanol–water partition coefficient (Wildman–Crippen LogP) is 4.36. The molecule has 2 nitrogen and oxygen atoms in total. The average Bonchev–Trinajstić information content (AvgIpc) is 2.27. The number of fused-ring (bicyclic) bond motifs is 1. The van der Waals surface area contributed by atoms with Gasteiger partial charge in [0.25, 0.3) is 0 Å². The first kappa shape index (κ1) is 11.9. The van der Waals surface area contributed by atoms with Gasteiger partial charge in [-0.3, -0.25) is 0 Å². The molecular weight excluding hydrogens is 332 g/mol. The van der Waals surface area contributed by atoms with Crippen molar-refractivity contribution in [2.45, 2.75) is 13.3 Å². The van der Waals surface area contributed by atoms with E-state index in [1.54, 1.807) is 0 Å². The minimum Gasteiger partial charge on any atom is -0.373 e. The number of nitrogens with one attached hydrogen (secondary N) is 1. The van der Waals surface area contributed by atoms with E-state index in [9.17, 15) is 0 Å². The minimum atomic E-state index is 0.957. The normalized spacial score (nSPS) is 10.8. The molecule has 0 fully saturated rings. The Bertz CT molecular complexity index is 538. The minimum absolute atomic E-state index is 0.957. The Morgan fingerprint density at radius 3 is 2.62 bits per heavy atom. The van der Waals surface area contributed by atoms with Crippen LogP contribution in [0.2, 0.25) is 0 Å². The lowest BCUT2D eigenvalue weighted by Gasteiger charge is -2.09. The Hall–Kier alpha value is -0.610. The van der Waals surface area contributed by atoms with Gasteiger partial charge in [-0.05, 0) is 46.1 Å². The Morgan fingerprint density at radius 2 is 2.00 bits per heavy atom. The van der Waals surface area contributed by atoms with Crippen LogP contribution in [0.25, 0.3) is 10.9 Å². The van der Waals surface area contributed by atoms with E-state index in [2.05, 4.69) is 61.2 Å². The van der Waals surface area contributed by atoms with Crippen molar-refractivity contribution in [1.29, 1.82) is 0 Å². The first-order valence-electron chi connectivity index (χ1n) is 5.12. The molecule has 84 valence electrons. The molecule has 16 heavy (non-hydrogen) atoms. The maximum absolute atomic E-state index is 4.63. The number of hydrogen-bond donors (Lipinski definition) is 1. The molecule has 0 saturated carbocycles. The van der Waals surface area contributed by atoms with Crippen LogP contribution < -0.4 is 5.32 Å². The molecule has 0 aliphatic heterocycles. The highest BCUT2D eigenvalue weighted by atomic mass is 79.9. The van der Waals surface area contributed by atoms with Crippen molar-refractivity contribution < 1.29 is 0 Å². The summed E-state index contributed by atoms with van der Waals surface area (Å²) in [5, 5.41) is 4.29. The van der Waals surface area contributed by atoms with Crippen LogP contribution in [0, 0.1) is 0 Å². The van der Waals surface area contributed by atoms with Crippen LogP contribution in [0.4, 0.5) is 5.82 Å². The van der Waals surface area contributed by atoms with Crippen LogP contribution in [0.3, 0.4) is 0 Å². The lowest BCUT2D eigenvalue weighted by atomic mass is 10.1. The molecule has 2 aromatic rings. The second-order valence-corrected chi connectivity index (χ2v) is 5.33. The van der Waals surface area contributed by atoms with Crippen molar-refractivity contribution in [3.05, 3.63) is 32.7 Å². The number of hydrogen-bond acceptors (Lipinski definition) is 2. The van der Waals surface area contributed by atoms with Gasteiger partial charge >= 0.3 is 0 Å². The van der Waals surface area contributed by atoms with Crippen LogP contribution in [-0.4, -0.2) is 12.0 Å². The zero-order valence-electron chi connectivity index (χ0n) is 9.14. The number of halogens is 2. The molecule has 2 rings (SSSR count). The molecule has 0 saturated heterocycles. The van der Waals surface area contributed by atoms with Gasteiger partial charge in [0.2, 0.25) is 0 Å². The van der Waals surface area contributed by atoms with Crippen LogP contribution >= 0.6 is 31.9 Å². The van der Waals surface area contributed by atoms with Gasteiger partial charge in [-0.25, -0.2) is 4.98 Å². The lowest BCUT2D eigenvalue weighted by Crippen LogP contribution is -1.98. The summed E-state index contributed by atoms with van der Waals surface area (Å²) in [5.41, 5.74) is 2.23. The van der Waals surface area contributed by atoms with Crippen LogP contribution in [0.5, 0.6) is 0 Å². The van der Waals surface area contributed by atoms with E-state index in [0.717, 1.165) is 32.1 Å². The monoisotopic (exact) mass is 342 g/mol. The molecule has 0 radical (unpaired) electrons. The smallest absolute Gasteiger partial charge is 0.129 e. The van der Waals surface area contributed by atoms with Crippen molar-refractivity contribution >= 4 is 48.6 Å². The van der Waals surface area contributed by atoms with Crippen molar-refractivity contribution in [3.8, 4) is 0 Å². The zero-order chi connectivity index (χ0) is 11.7. The average molecular weight is 344 g/mol. The van der Waals surface area contributed by atoms with E-state index >= 15 is 0 Å². The Kier molecular flexibility index (Phi) is 3.50. The van der Waals surface area contributed by atoms with Gasteiger partial charge in [0.15, 0.2) is 0 Å². The summed E-state index contributed by atoms with van der Waals surface area (Å²) in [4.78, 5) is 4.63. The predicted molar refractivity (Wildman–Crippen MR) is 76.1 cm³/mol. The molecule has 0 aliphatic rings. The van der Waals surface area contributed by atoms with Gasteiger partial charge < -0.3 is 5.32 Å². The van der Waals surface area contributed by atoms with Gasteiger partial charge in [-0.1, -0.05) is 22.9 Å². The van der Waals surface area contributed by atoms with Gasteiger partial charge in [0, 0.05) is 21.4 Å². The molecular formula is C12H12Br2N2. The third kappa shape index (κ3) is 2.09. The first-order valence-corrected chi connectivity index (χ1v) is 6.70. The summed E-state index contributed by atoms with van der Waals surface area (Å²) in [6.45, 7) is 2.14. The SMILES string of the molecule is CCc1cc2cc(Br)cc(Br)c2nc1NC. The van der Waals surface area contributed by atoms with Crippen LogP contribution in [0.15, 0.2) is 27.1 Å².